The monoisotopic (exact) mass is 506 g/mol. The van der Waals surface area contributed by atoms with Crippen LogP contribution in [0.3, 0.4) is 0 Å². The fraction of sp³-hybridized carbons (Fsp3) is 0.296. The molecule has 1 aliphatic heterocycles. The third kappa shape index (κ3) is 5.49. The first-order valence-electron chi connectivity index (χ1n) is 11.5. The highest BCUT2D eigenvalue weighted by molar-refractivity contribution is 6.31. The van der Waals surface area contributed by atoms with E-state index in [9.17, 15) is 9.18 Å². The van der Waals surface area contributed by atoms with Crippen LogP contribution in [0.25, 0.3) is 16.5 Å². The van der Waals surface area contributed by atoms with E-state index in [4.69, 9.17) is 17.3 Å². The Bertz CT molecular complexity index is 1400. The Morgan fingerprint density at radius 2 is 1.92 bits per heavy atom. The van der Waals surface area contributed by atoms with Gasteiger partial charge in [0.15, 0.2) is 0 Å². The zero-order valence-electron chi connectivity index (χ0n) is 20.5. The minimum atomic E-state index is -0.646. The molecule has 0 atom stereocenters. The van der Waals surface area contributed by atoms with Crippen molar-refractivity contribution in [1.82, 2.24) is 19.8 Å². The molecule has 0 saturated carbocycles. The van der Waals surface area contributed by atoms with Crippen LogP contribution in [0.5, 0.6) is 0 Å². The van der Waals surface area contributed by atoms with Crippen LogP contribution in [-0.4, -0.2) is 64.4 Å². The number of primary amides is 1. The molecule has 0 radical (unpaired) electrons. The second-order valence-corrected chi connectivity index (χ2v) is 9.74. The molecule has 1 aliphatic rings. The highest BCUT2D eigenvalue weighted by Gasteiger charge is 2.27. The lowest BCUT2D eigenvalue weighted by Crippen LogP contribution is -2.53. The summed E-state index contributed by atoms with van der Waals surface area (Å²) >= 11 is 5.92. The van der Waals surface area contributed by atoms with Gasteiger partial charge in [-0.3, -0.25) is 9.69 Å². The molecule has 36 heavy (non-hydrogen) atoms. The van der Waals surface area contributed by atoms with Crippen LogP contribution in [0.15, 0.2) is 43.2 Å². The van der Waals surface area contributed by atoms with Crippen molar-refractivity contribution in [2.75, 3.05) is 38.5 Å². The Labute approximate surface area is 215 Å². The van der Waals surface area contributed by atoms with Gasteiger partial charge in [-0.05, 0) is 51.2 Å². The third-order valence-electron chi connectivity index (χ3n) is 6.38. The van der Waals surface area contributed by atoms with Gasteiger partial charge in [-0.15, -0.1) is 0 Å². The number of amides is 1. The molecule has 9 heteroatoms. The van der Waals surface area contributed by atoms with Crippen molar-refractivity contribution in [3.63, 3.8) is 0 Å². The number of rotatable bonds is 5. The van der Waals surface area contributed by atoms with Gasteiger partial charge < -0.3 is 16.0 Å². The summed E-state index contributed by atoms with van der Waals surface area (Å²) in [5.74, 6) is 5.93. The number of nitrogens with one attached hydrogen (secondary N) is 1. The van der Waals surface area contributed by atoms with Gasteiger partial charge in [0, 0.05) is 54.0 Å². The van der Waals surface area contributed by atoms with Crippen LogP contribution in [-0.2, 0) is 4.79 Å². The minimum Gasteiger partial charge on any atom is -0.366 e. The first kappa shape index (κ1) is 25.6. The summed E-state index contributed by atoms with van der Waals surface area (Å²) in [7, 11) is 2.11. The number of benzene rings is 2. The smallest absolute Gasteiger partial charge is 0.248 e. The Kier molecular flexibility index (Phi) is 7.27. The van der Waals surface area contributed by atoms with Gasteiger partial charge >= 0.3 is 0 Å². The minimum absolute atomic E-state index is 0.0123. The number of hydrogen-bond acceptors (Lipinski definition) is 6. The van der Waals surface area contributed by atoms with E-state index in [1.54, 1.807) is 18.2 Å². The predicted octanol–water partition coefficient (Wildman–Crippen LogP) is 4.04. The third-order valence-corrected chi connectivity index (χ3v) is 6.67. The maximum absolute atomic E-state index is 13.6. The summed E-state index contributed by atoms with van der Waals surface area (Å²) in [5.41, 5.74) is 7.62. The largest absolute Gasteiger partial charge is 0.366 e. The van der Waals surface area contributed by atoms with E-state index in [2.05, 4.69) is 64.4 Å². The number of aromatic nitrogens is 2. The van der Waals surface area contributed by atoms with Crippen molar-refractivity contribution in [1.29, 1.82) is 0 Å². The number of anilines is 2. The van der Waals surface area contributed by atoms with E-state index in [0.29, 0.717) is 33.5 Å². The number of carbonyl (C=O) groups is 1. The molecule has 4 rings (SSSR count). The molecule has 3 N–H and O–H groups in total. The van der Waals surface area contributed by atoms with E-state index in [-0.39, 0.29) is 16.1 Å². The van der Waals surface area contributed by atoms with Crippen molar-refractivity contribution < 1.29 is 9.18 Å². The number of nitrogens with zero attached hydrogens (tertiary/aromatic N) is 4. The van der Waals surface area contributed by atoms with Gasteiger partial charge in [0.25, 0.3) is 0 Å². The van der Waals surface area contributed by atoms with Crippen molar-refractivity contribution in [3.8, 4) is 11.8 Å². The Morgan fingerprint density at radius 3 is 2.58 bits per heavy atom. The summed E-state index contributed by atoms with van der Waals surface area (Å²) in [5, 5.41) is 3.75. The molecular formula is C27H28ClFN6O. The van der Waals surface area contributed by atoms with E-state index in [1.807, 2.05) is 0 Å². The van der Waals surface area contributed by atoms with Gasteiger partial charge in [-0.2, -0.15) is 0 Å². The number of halogens is 2. The van der Waals surface area contributed by atoms with Crippen LogP contribution in [0.1, 0.15) is 25.0 Å². The van der Waals surface area contributed by atoms with Crippen molar-refractivity contribution >= 4 is 45.5 Å². The first-order valence-corrected chi connectivity index (χ1v) is 11.9. The van der Waals surface area contributed by atoms with Gasteiger partial charge in [0.2, 0.25) is 5.91 Å². The van der Waals surface area contributed by atoms with Crippen LogP contribution in [0, 0.1) is 17.7 Å². The standard InChI is InChI=1S/C27H28ClFN6O/c1-17(25(30)36)20-15-21-24(31-16-32-26(21)33-19-5-6-23(29)22(28)14-19)13-18(20)7-8-27(2,3)35-11-9-34(4)10-12-35/h5-6,13-16H,1,9-12H2,2-4H3,(H2,30,36)(H,31,32,33). The van der Waals surface area contributed by atoms with E-state index < -0.39 is 11.7 Å². The molecule has 0 bridgehead atoms. The SMILES string of the molecule is C=C(C(N)=O)c1cc2c(Nc3ccc(F)c(Cl)c3)ncnc2cc1C#CC(C)(C)N1CCN(C)CC1. The van der Waals surface area contributed by atoms with Crippen molar-refractivity contribution in [3.05, 3.63) is 65.2 Å². The molecule has 0 aliphatic carbocycles. The summed E-state index contributed by atoms with van der Waals surface area (Å²) < 4.78 is 13.6. The van der Waals surface area contributed by atoms with Gasteiger partial charge in [0.1, 0.15) is 18.0 Å². The fourth-order valence-corrected chi connectivity index (χ4v) is 4.24. The van der Waals surface area contributed by atoms with Gasteiger partial charge in [0.05, 0.1) is 16.1 Å². The maximum atomic E-state index is 13.6. The molecular weight excluding hydrogens is 479 g/mol. The number of piperazine rings is 1. The quantitative estimate of drug-likeness (QED) is 0.401. The second-order valence-electron chi connectivity index (χ2n) is 9.33. The summed E-state index contributed by atoms with van der Waals surface area (Å²) in [6.07, 6.45) is 1.42. The van der Waals surface area contributed by atoms with Crippen molar-refractivity contribution in [2.45, 2.75) is 19.4 Å². The topological polar surface area (TPSA) is 87.4 Å². The molecule has 7 nitrogen and oxygen atoms in total. The van der Waals surface area contributed by atoms with Crippen LogP contribution >= 0.6 is 11.6 Å². The predicted molar refractivity (Wildman–Crippen MR) is 142 cm³/mol. The van der Waals surface area contributed by atoms with Crippen LogP contribution < -0.4 is 11.1 Å². The summed E-state index contributed by atoms with van der Waals surface area (Å²) in [6, 6.07) is 7.84. The first-order chi connectivity index (χ1) is 17.0. The lowest BCUT2D eigenvalue weighted by atomic mass is 9.96. The normalized spacial score (nSPS) is 14.8. The molecule has 3 aromatic rings. The Hall–Kier alpha value is -3.51. The molecule has 0 spiro atoms. The number of fused-ring (bicyclic) bond motifs is 1. The lowest BCUT2D eigenvalue weighted by Gasteiger charge is -2.40. The van der Waals surface area contributed by atoms with Gasteiger partial charge in [-0.1, -0.05) is 30.0 Å². The Balaban J connectivity index is 1.76. The molecule has 1 aromatic heterocycles. The van der Waals surface area contributed by atoms with Crippen molar-refractivity contribution in [2.24, 2.45) is 5.73 Å². The zero-order valence-corrected chi connectivity index (χ0v) is 21.3. The highest BCUT2D eigenvalue weighted by Crippen LogP contribution is 2.30. The molecule has 1 saturated heterocycles. The van der Waals surface area contributed by atoms with E-state index in [0.717, 1.165) is 26.2 Å². The second kappa shape index (κ2) is 10.2. The number of carbonyl (C=O) groups excluding carboxylic acids is 1. The molecule has 2 aromatic carbocycles. The summed E-state index contributed by atoms with van der Waals surface area (Å²) in [6.45, 7) is 11.9. The van der Waals surface area contributed by atoms with E-state index >= 15 is 0 Å². The lowest BCUT2D eigenvalue weighted by molar-refractivity contribution is -0.112. The number of likely N-dealkylation sites (N-methyl/N-ethyl adjacent to an activating group) is 1. The van der Waals surface area contributed by atoms with Gasteiger partial charge in [-0.25, -0.2) is 14.4 Å². The molecule has 1 fully saturated rings. The molecule has 186 valence electrons. The van der Waals surface area contributed by atoms with Crippen LogP contribution in [0.2, 0.25) is 5.02 Å². The van der Waals surface area contributed by atoms with Crippen LogP contribution in [0.4, 0.5) is 15.9 Å². The average Bonchev–Trinajstić information content (AvgIpc) is 2.84. The fourth-order valence-electron chi connectivity index (χ4n) is 4.06. The molecule has 2 heterocycles. The molecule has 0 unspecified atom stereocenters. The molecule has 1 amide bonds. The zero-order chi connectivity index (χ0) is 26.0. The average molecular weight is 507 g/mol. The number of nitrogens with two attached hydrogens (primary N) is 1. The van der Waals surface area contributed by atoms with E-state index in [1.165, 1.54) is 18.5 Å². The maximum Gasteiger partial charge on any atom is 0.248 e. The Morgan fingerprint density at radius 1 is 1.19 bits per heavy atom. The highest BCUT2D eigenvalue weighted by atomic mass is 35.5. The number of hydrogen-bond donors (Lipinski definition) is 2. The summed E-state index contributed by atoms with van der Waals surface area (Å²) in [4.78, 5) is 25.4.